The summed E-state index contributed by atoms with van der Waals surface area (Å²) in [6, 6.07) is -0.766. The predicted octanol–water partition coefficient (Wildman–Crippen LogP) is 0.584. The molecule has 0 fully saturated rings. The van der Waals surface area contributed by atoms with Crippen LogP contribution >= 0.6 is 0 Å². The van der Waals surface area contributed by atoms with Crippen LogP contribution in [0.3, 0.4) is 0 Å². The molecule has 0 rings (SSSR count). The number of rotatable bonds is 9. The standard InChI is InChI=1S/C17H25NO7/c1-10(2)14(11(3)19)18-16(23)15(22)17(4,5)9-25-13(21)8-7-12(20)24-6/h7-8,10,14H,9H2,1-6H3,(H,18,23)/b8-7+/t14-/m0/s1. The number of carbonyl (C=O) groups excluding carboxylic acids is 5. The number of ether oxygens (including phenoxy) is 2. The highest BCUT2D eigenvalue weighted by molar-refractivity contribution is 6.38. The first-order valence-corrected chi connectivity index (χ1v) is 7.71. The summed E-state index contributed by atoms with van der Waals surface area (Å²) >= 11 is 0. The molecule has 1 N–H and O–H groups in total. The van der Waals surface area contributed by atoms with Crippen LogP contribution in [0.5, 0.6) is 0 Å². The number of amides is 1. The number of Topliss-reactive ketones (excluding diaryl/α,β-unsaturated/α-hetero) is 2. The first kappa shape index (κ1) is 22.5. The third-order valence-corrected chi connectivity index (χ3v) is 3.34. The quantitative estimate of drug-likeness (QED) is 0.365. The average Bonchev–Trinajstić information content (AvgIpc) is 2.53. The molecule has 0 bridgehead atoms. The van der Waals surface area contributed by atoms with Gasteiger partial charge < -0.3 is 14.8 Å². The first-order valence-electron chi connectivity index (χ1n) is 7.71. The molecule has 1 atom stereocenters. The fraction of sp³-hybridized carbons (Fsp3) is 0.588. The second-order valence-corrected chi connectivity index (χ2v) is 6.48. The van der Waals surface area contributed by atoms with E-state index >= 15 is 0 Å². The molecule has 0 saturated carbocycles. The smallest absolute Gasteiger partial charge is 0.331 e. The van der Waals surface area contributed by atoms with Crippen LogP contribution in [0.4, 0.5) is 0 Å². The molecule has 140 valence electrons. The fourth-order valence-corrected chi connectivity index (χ4v) is 1.82. The largest absolute Gasteiger partial charge is 0.466 e. The maximum atomic E-state index is 12.3. The van der Waals surface area contributed by atoms with E-state index in [9.17, 15) is 24.0 Å². The summed E-state index contributed by atoms with van der Waals surface area (Å²) in [6.07, 6.45) is 1.74. The summed E-state index contributed by atoms with van der Waals surface area (Å²) in [4.78, 5) is 58.2. The van der Waals surface area contributed by atoms with Gasteiger partial charge in [-0.05, 0) is 26.7 Å². The van der Waals surface area contributed by atoms with E-state index in [-0.39, 0.29) is 18.3 Å². The highest BCUT2D eigenvalue weighted by atomic mass is 16.5. The third-order valence-electron chi connectivity index (χ3n) is 3.34. The van der Waals surface area contributed by atoms with Crippen LogP contribution in [-0.2, 0) is 33.4 Å². The second-order valence-electron chi connectivity index (χ2n) is 6.48. The van der Waals surface area contributed by atoms with Crippen molar-refractivity contribution in [1.29, 1.82) is 0 Å². The zero-order valence-corrected chi connectivity index (χ0v) is 15.4. The van der Waals surface area contributed by atoms with Crippen LogP contribution in [0, 0.1) is 11.3 Å². The lowest BCUT2D eigenvalue weighted by Crippen LogP contribution is -2.50. The molecule has 0 heterocycles. The monoisotopic (exact) mass is 355 g/mol. The number of carbonyl (C=O) groups is 5. The molecular formula is C17H25NO7. The van der Waals surface area contributed by atoms with Crippen LogP contribution in [0.25, 0.3) is 0 Å². The molecule has 0 aliphatic carbocycles. The molecule has 0 spiro atoms. The molecule has 0 aliphatic heterocycles. The van der Waals surface area contributed by atoms with Gasteiger partial charge >= 0.3 is 11.9 Å². The van der Waals surface area contributed by atoms with Crippen molar-refractivity contribution in [1.82, 2.24) is 5.32 Å². The minimum Gasteiger partial charge on any atom is -0.466 e. The van der Waals surface area contributed by atoms with Crippen molar-refractivity contribution in [2.45, 2.75) is 40.7 Å². The van der Waals surface area contributed by atoms with E-state index in [1.54, 1.807) is 13.8 Å². The van der Waals surface area contributed by atoms with E-state index in [1.807, 2.05) is 0 Å². The summed E-state index contributed by atoms with van der Waals surface area (Å²) in [6.45, 7) is 7.33. The Morgan fingerprint density at radius 1 is 1.04 bits per heavy atom. The maximum absolute atomic E-state index is 12.3. The van der Waals surface area contributed by atoms with Crippen molar-refractivity contribution in [2.24, 2.45) is 11.3 Å². The molecule has 8 nitrogen and oxygen atoms in total. The minimum absolute atomic E-state index is 0.168. The van der Waals surface area contributed by atoms with Gasteiger partial charge in [0.2, 0.25) is 5.78 Å². The molecule has 0 unspecified atom stereocenters. The topological polar surface area (TPSA) is 116 Å². The van der Waals surface area contributed by atoms with E-state index in [2.05, 4.69) is 10.1 Å². The van der Waals surface area contributed by atoms with Gasteiger partial charge in [-0.25, -0.2) is 9.59 Å². The summed E-state index contributed by atoms with van der Waals surface area (Å²) in [5.74, 6) is -3.73. The van der Waals surface area contributed by atoms with E-state index < -0.39 is 35.1 Å². The summed E-state index contributed by atoms with van der Waals surface area (Å²) in [5, 5.41) is 2.40. The minimum atomic E-state index is -1.29. The van der Waals surface area contributed by atoms with Gasteiger partial charge in [0.05, 0.1) is 18.6 Å². The Hall–Kier alpha value is -2.51. The lowest BCUT2D eigenvalue weighted by Gasteiger charge is -2.24. The Labute approximate surface area is 146 Å². The Bertz CT molecular complexity index is 576. The van der Waals surface area contributed by atoms with Crippen LogP contribution in [0.1, 0.15) is 34.6 Å². The highest BCUT2D eigenvalue weighted by Gasteiger charge is 2.36. The number of ketones is 2. The lowest BCUT2D eigenvalue weighted by atomic mass is 9.88. The van der Waals surface area contributed by atoms with Crippen molar-refractivity contribution in [3.05, 3.63) is 12.2 Å². The molecule has 0 aromatic carbocycles. The Balaban J connectivity index is 4.80. The zero-order chi connectivity index (χ0) is 19.8. The molecule has 8 heteroatoms. The van der Waals surface area contributed by atoms with Gasteiger partial charge in [-0.1, -0.05) is 13.8 Å². The van der Waals surface area contributed by atoms with Crippen LogP contribution in [0.2, 0.25) is 0 Å². The molecule has 0 aromatic rings. The van der Waals surface area contributed by atoms with Gasteiger partial charge in [-0.2, -0.15) is 0 Å². The van der Waals surface area contributed by atoms with Crippen LogP contribution in [0.15, 0.2) is 12.2 Å². The van der Waals surface area contributed by atoms with Crippen molar-refractivity contribution in [2.75, 3.05) is 13.7 Å². The lowest BCUT2D eigenvalue weighted by molar-refractivity contribution is -0.150. The van der Waals surface area contributed by atoms with E-state index in [0.717, 1.165) is 19.3 Å². The number of nitrogens with one attached hydrogen (secondary N) is 1. The Morgan fingerprint density at radius 2 is 1.56 bits per heavy atom. The third kappa shape index (κ3) is 7.73. The SMILES string of the molecule is COC(=O)/C=C/C(=O)OCC(C)(C)C(=O)C(=O)N[C@H](C(C)=O)C(C)C. The van der Waals surface area contributed by atoms with Crippen LogP contribution < -0.4 is 5.32 Å². The molecule has 0 aliphatic rings. The number of esters is 2. The highest BCUT2D eigenvalue weighted by Crippen LogP contribution is 2.18. The predicted molar refractivity (Wildman–Crippen MR) is 88.4 cm³/mol. The maximum Gasteiger partial charge on any atom is 0.331 e. The zero-order valence-electron chi connectivity index (χ0n) is 15.4. The van der Waals surface area contributed by atoms with Gasteiger partial charge in [-0.3, -0.25) is 14.4 Å². The van der Waals surface area contributed by atoms with E-state index in [0.29, 0.717) is 0 Å². The Kier molecular flexibility index (Phi) is 8.73. The van der Waals surface area contributed by atoms with Crippen molar-refractivity contribution in [3.8, 4) is 0 Å². The summed E-state index contributed by atoms with van der Waals surface area (Å²) in [7, 11) is 1.16. The van der Waals surface area contributed by atoms with Crippen molar-refractivity contribution in [3.63, 3.8) is 0 Å². The first-order chi connectivity index (χ1) is 11.4. The van der Waals surface area contributed by atoms with Gasteiger partial charge in [0.15, 0.2) is 5.78 Å². The van der Waals surface area contributed by atoms with Gasteiger partial charge in [0.1, 0.15) is 6.61 Å². The number of methoxy groups -OCH3 is 1. The molecule has 25 heavy (non-hydrogen) atoms. The Morgan fingerprint density at radius 3 is 2.00 bits per heavy atom. The molecule has 0 saturated heterocycles. The van der Waals surface area contributed by atoms with Crippen LogP contribution in [-0.4, -0.2) is 49.2 Å². The van der Waals surface area contributed by atoms with Crippen molar-refractivity contribution >= 4 is 29.4 Å². The summed E-state index contributed by atoms with van der Waals surface area (Å²) < 4.78 is 9.19. The molecule has 1 amide bonds. The van der Waals surface area contributed by atoms with E-state index in [4.69, 9.17) is 4.74 Å². The second kappa shape index (κ2) is 9.71. The van der Waals surface area contributed by atoms with Gasteiger partial charge in [0, 0.05) is 12.2 Å². The normalized spacial score (nSPS) is 12.6. The fourth-order valence-electron chi connectivity index (χ4n) is 1.82. The molecule has 0 aromatic heterocycles. The number of hydrogen-bond acceptors (Lipinski definition) is 7. The number of hydrogen-bond donors (Lipinski definition) is 1. The molecule has 0 radical (unpaired) electrons. The average molecular weight is 355 g/mol. The molecular weight excluding hydrogens is 330 g/mol. The van der Waals surface area contributed by atoms with E-state index in [1.165, 1.54) is 20.8 Å². The van der Waals surface area contributed by atoms with Gasteiger partial charge in [0.25, 0.3) is 5.91 Å². The summed E-state index contributed by atoms with van der Waals surface area (Å²) in [5.41, 5.74) is -1.29. The van der Waals surface area contributed by atoms with Gasteiger partial charge in [-0.15, -0.1) is 0 Å². The van der Waals surface area contributed by atoms with Crippen molar-refractivity contribution < 1.29 is 33.4 Å².